The lowest BCUT2D eigenvalue weighted by molar-refractivity contribution is 0.261. The second-order valence-corrected chi connectivity index (χ2v) is 7.11. The zero-order chi connectivity index (χ0) is 15.3. The molecule has 1 fully saturated rings. The molecule has 0 amide bonds. The van der Waals surface area contributed by atoms with E-state index in [4.69, 9.17) is 4.74 Å². The van der Waals surface area contributed by atoms with E-state index in [-0.39, 0.29) is 10.9 Å². The minimum Gasteiger partial charge on any atom is -0.495 e. The van der Waals surface area contributed by atoms with Crippen LogP contribution in [0, 0.1) is 0 Å². The first kappa shape index (κ1) is 16.3. The summed E-state index contributed by atoms with van der Waals surface area (Å²) in [5.74, 6) is 0.410. The third-order valence-electron chi connectivity index (χ3n) is 3.82. The lowest BCUT2D eigenvalue weighted by Gasteiger charge is -2.33. The molecule has 118 valence electrons. The second kappa shape index (κ2) is 7.24. The van der Waals surface area contributed by atoms with Gasteiger partial charge in [-0.1, -0.05) is 19.1 Å². The van der Waals surface area contributed by atoms with Crippen LogP contribution in [0.5, 0.6) is 5.75 Å². The Bertz CT molecular complexity index is 554. The van der Waals surface area contributed by atoms with Crippen molar-refractivity contribution in [3.8, 4) is 5.75 Å². The van der Waals surface area contributed by atoms with E-state index in [2.05, 4.69) is 5.32 Å². The molecule has 2 rings (SSSR count). The Morgan fingerprint density at radius 1 is 1.29 bits per heavy atom. The van der Waals surface area contributed by atoms with Crippen LogP contribution in [-0.2, 0) is 10.0 Å². The Balaban J connectivity index is 2.37. The summed E-state index contributed by atoms with van der Waals surface area (Å²) in [6, 6.07) is 6.91. The van der Waals surface area contributed by atoms with Crippen molar-refractivity contribution < 1.29 is 13.2 Å². The average Bonchev–Trinajstić information content (AvgIpc) is 2.53. The average molecular weight is 312 g/mol. The largest absolute Gasteiger partial charge is 0.495 e. The van der Waals surface area contributed by atoms with Gasteiger partial charge in [0.2, 0.25) is 10.0 Å². The molecule has 0 aromatic heterocycles. The highest BCUT2D eigenvalue weighted by Crippen LogP contribution is 2.29. The predicted molar refractivity (Wildman–Crippen MR) is 83.1 cm³/mol. The number of benzene rings is 1. The van der Waals surface area contributed by atoms with Crippen LogP contribution < -0.4 is 10.1 Å². The summed E-state index contributed by atoms with van der Waals surface area (Å²) in [6.07, 6.45) is 2.51. The molecule has 0 unspecified atom stereocenters. The Morgan fingerprint density at radius 2 is 1.95 bits per heavy atom. The highest BCUT2D eigenvalue weighted by molar-refractivity contribution is 7.89. The summed E-state index contributed by atoms with van der Waals surface area (Å²) in [4.78, 5) is 0.263. The summed E-state index contributed by atoms with van der Waals surface area (Å²) in [5.41, 5.74) is 0. The minimum atomic E-state index is -3.53. The number of nitrogens with zero attached hydrogens (tertiary/aromatic N) is 1. The fourth-order valence-corrected chi connectivity index (χ4v) is 4.71. The first-order chi connectivity index (χ1) is 10.1. The van der Waals surface area contributed by atoms with Gasteiger partial charge in [-0.15, -0.1) is 0 Å². The number of para-hydroxylation sites is 1. The van der Waals surface area contributed by atoms with Gasteiger partial charge in [0.25, 0.3) is 0 Å². The summed E-state index contributed by atoms with van der Waals surface area (Å²) in [7, 11) is -2.02. The number of nitrogens with one attached hydrogen (secondary N) is 1. The Kier molecular flexibility index (Phi) is 5.61. The molecule has 0 spiro atoms. The first-order valence-corrected chi connectivity index (χ1v) is 8.90. The summed E-state index contributed by atoms with van der Waals surface area (Å²) >= 11 is 0. The van der Waals surface area contributed by atoms with Crippen LogP contribution in [0.3, 0.4) is 0 Å². The van der Waals surface area contributed by atoms with E-state index in [9.17, 15) is 8.42 Å². The van der Waals surface area contributed by atoms with Crippen molar-refractivity contribution >= 4 is 10.0 Å². The molecule has 0 aliphatic carbocycles. The van der Waals surface area contributed by atoms with E-state index < -0.39 is 10.0 Å². The Morgan fingerprint density at radius 3 is 2.57 bits per heavy atom. The van der Waals surface area contributed by atoms with E-state index in [0.717, 1.165) is 32.4 Å². The van der Waals surface area contributed by atoms with Crippen molar-refractivity contribution in [3.05, 3.63) is 24.3 Å². The molecule has 1 aliphatic heterocycles. The van der Waals surface area contributed by atoms with Crippen molar-refractivity contribution in [3.63, 3.8) is 0 Å². The van der Waals surface area contributed by atoms with Crippen molar-refractivity contribution in [1.82, 2.24) is 9.62 Å². The Hall–Kier alpha value is -1.11. The summed E-state index contributed by atoms with van der Waals surface area (Å²) < 4.78 is 32.9. The molecule has 0 radical (unpaired) electrons. The summed E-state index contributed by atoms with van der Waals surface area (Å²) in [5, 5.41) is 3.28. The van der Waals surface area contributed by atoms with Gasteiger partial charge in [-0.25, -0.2) is 8.42 Å². The van der Waals surface area contributed by atoms with E-state index in [1.54, 1.807) is 28.6 Å². The zero-order valence-electron chi connectivity index (χ0n) is 12.7. The smallest absolute Gasteiger partial charge is 0.247 e. The van der Waals surface area contributed by atoms with Crippen LogP contribution in [0.25, 0.3) is 0 Å². The normalized spacial score (nSPS) is 17.1. The van der Waals surface area contributed by atoms with E-state index in [1.807, 2.05) is 6.92 Å². The lowest BCUT2D eigenvalue weighted by atomic mass is 10.1. The van der Waals surface area contributed by atoms with E-state index in [1.165, 1.54) is 7.11 Å². The highest BCUT2D eigenvalue weighted by atomic mass is 32.2. The molecule has 21 heavy (non-hydrogen) atoms. The molecule has 1 aliphatic rings. The second-order valence-electron chi connectivity index (χ2n) is 5.25. The van der Waals surface area contributed by atoms with Gasteiger partial charge in [0.15, 0.2) is 0 Å². The van der Waals surface area contributed by atoms with Crippen LogP contribution in [0.1, 0.15) is 26.2 Å². The van der Waals surface area contributed by atoms with E-state index in [0.29, 0.717) is 12.3 Å². The number of ether oxygens (including phenoxy) is 1. The number of hydrogen-bond donors (Lipinski definition) is 1. The maximum Gasteiger partial charge on any atom is 0.247 e. The molecule has 1 heterocycles. The molecule has 0 atom stereocenters. The zero-order valence-corrected chi connectivity index (χ0v) is 13.5. The quantitative estimate of drug-likeness (QED) is 0.871. The van der Waals surface area contributed by atoms with Gasteiger partial charge in [-0.2, -0.15) is 4.31 Å². The Labute approximate surface area is 127 Å². The molecular weight excluding hydrogens is 288 g/mol. The van der Waals surface area contributed by atoms with Crippen LogP contribution in [-0.4, -0.2) is 45.5 Å². The number of hydrogen-bond acceptors (Lipinski definition) is 4. The van der Waals surface area contributed by atoms with Crippen LogP contribution in [0.2, 0.25) is 0 Å². The monoisotopic (exact) mass is 312 g/mol. The van der Waals surface area contributed by atoms with Crippen molar-refractivity contribution in [2.75, 3.05) is 26.7 Å². The molecule has 5 nitrogen and oxygen atoms in total. The molecule has 6 heteroatoms. The van der Waals surface area contributed by atoms with Gasteiger partial charge in [0.05, 0.1) is 7.11 Å². The minimum absolute atomic E-state index is 0.0705. The van der Waals surface area contributed by atoms with Gasteiger partial charge in [0, 0.05) is 12.6 Å². The van der Waals surface area contributed by atoms with Gasteiger partial charge < -0.3 is 10.1 Å². The number of sulfonamides is 1. The van der Waals surface area contributed by atoms with Crippen LogP contribution >= 0.6 is 0 Å². The van der Waals surface area contributed by atoms with Gasteiger partial charge in [-0.3, -0.25) is 0 Å². The SMILES string of the molecule is CCCN(C1CCNCC1)S(=O)(=O)c1ccccc1OC. The molecule has 0 bridgehead atoms. The van der Waals surface area contributed by atoms with Gasteiger partial charge in [0.1, 0.15) is 10.6 Å². The molecule has 1 aromatic carbocycles. The maximum atomic E-state index is 13.0. The number of piperidine rings is 1. The summed E-state index contributed by atoms with van der Waals surface area (Å²) in [6.45, 7) is 4.29. The van der Waals surface area contributed by atoms with Gasteiger partial charge >= 0.3 is 0 Å². The van der Waals surface area contributed by atoms with Crippen molar-refractivity contribution in [1.29, 1.82) is 0 Å². The van der Waals surface area contributed by atoms with E-state index >= 15 is 0 Å². The predicted octanol–water partition coefficient (Wildman–Crippen LogP) is 1.85. The standard InChI is InChI=1S/C15H24N2O3S/c1-3-12-17(13-8-10-16-11-9-13)21(18,19)15-7-5-4-6-14(15)20-2/h4-7,13,16H,3,8-12H2,1-2H3. The molecular formula is C15H24N2O3S. The van der Waals surface area contributed by atoms with Crippen LogP contribution in [0.4, 0.5) is 0 Å². The maximum absolute atomic E-state index is 13.0. The lowest BCUT2D eigenvalue weighted by Crippen LogP contribution is -2.46. The molecule has 0 saturated carbocycles. The molecule has 1 aromatic rings. The first-order valence-electron chi connectivity index (χ1n) is 7.46. The fraction of sp³-hybridized carbons (Fsp3) is 0.600. The molecule has 1 saturated heterocycles. The number of rotatable bonds is 6. The topological polar surface area (TPSA) is 58.6 Å². The van der Waals surface area contributed by atoms with Crippen molar-refractivity contribution in [2.24, 2.45) is 0 Å². The highest BCUT2D eigenvalue weighted by Gasteiger charge is 2.33. The number of methoxy groups -OCH3 is 1. The van der Waals surface area contributed by atoms with Crippen molar-refractivity contribution in [2.45, 2.75) is 37.1 Å². The van der Waals surface area contributed by atoms with Gasteiger partial charge in [-0.05, 0) is 44.5 Å². The van der Waals surface area contributed by atoms with Crippen LogP contribution in [0.15, 0.2) is 29.2 Å². The third kappa shape index (κ3) is 3.56. The third-order valence-corrected chi connectivity index (χ3v) is 5.81. The molecule has 1 N–H and O–H groups in total. The fourth-order valence-electron chi connectivity index (χ4n) is 2.77.